The summed E-state index contributed by atoms with van der Waals surface area (Å²) in [5.74, 6) is 1.30. The van der Waals surface area contributed by atoms with E-state index in [4.69, 9.17) is 0 Å². The van der Waals surface area contributed by atoms with Crippen LogP contribution < -0.4 is 5.32 Å². The van der Waals surface area contributed by atoms with E-state index in [1.54, 1.807) is 22.9 Å². The Hall–Kier alpha value is -2.67. The zero-order valence-electron chi connectivity index (χ0n) is 15.3. The minimum absolute atomic E-state index is 0.198. The number of carbonyl (C=O) groups excluding carboxylic acids is 1. The number of rotatable bonds is 6. The van der Waals surface area contributed by atoms with Crippen LogP contribution in [0.3, 0.4) is 0 Å². The van der Waals surface area contributed by atoms with Gasteiger partial charge in [-0.2, -0.15) is 0 Å². The first-order valence-corrected chi connectivity index (χ1v) is 9.98. The molecule has 1 aromatic carbocycles. The Labute approximate surface area is 162 Å². The van der Waals surface area contributed by atoms with Crippen LogP contribution >= 0.6 is 11.3 Å². The third-order valence-electron chi connectivity index (χ3n) is 4.65. The molecule has 138 valence electrons. The van der Waals surface area contributed by atoms with Crippen molar-refractivity contribution >= 4 is 22.9 Å². The van der Waals surface area contributed by atoms with Crippen molar-refractivity contribution in [2.45, 2.75) is 44.9 Å². The van der Waals surface area contributed by atoms with Gasteiger partial charge in [0.05, 0.1) is 0 Å². The van der Waals surface area contributed by atoms with Gasteiger partial charge in [-0.25, -0.2) is 9.97 Å². The number of aromatic nitrogens is 4. The highest BCUT2D eigenvalue weighted by Gasteiger charge is 2.27. The van der Waals surface area contributed by atoms with Crippen LogP contribution in [0.2, 0.25) is 0 Å². The van der Waals surface area contributed by atoms with Crippen molar-refractivity contribution in [2.75, 3.05) is 5.32 Å². The molecule has 1 atom stereocenters. The molecule has 4 rings (SSSR count). The smallest absolute Gasteiger partial charge is 0.274 e. The summed E-state index contributed by atoms with van der Waals surface area (Å²) in [6, 6.07) is 9.68. The van der Waals surface area contributed by atoms with Gasteiger partial charge in [0.25, 0.3) is 5.91 Å². The van der Waals surface area contributed by atoms with Gasteiger partial charge in [0.1, 0.15) is 22.0 Å². The van der Waals surface area contributed by atoms with Gasteiger partial charge >= 0.3 is 0 Å². The van der Waals surface area contributed by atoms with Crippen molar-refractivity contribution in [1.82, 2.24) is 20.2 Å². The summed E-state index contributed by atoms with van der Waals surface area (Å²) in [7, 11) is 0. The molecule has 7 heteroatoms. The molecule has 6 nitrogen and oxygen atoms in total. The first-order valence-electron chi connectivity index (χ1n) is 9.10. The van der Waals surface area contributed by atoms with Crippen molar-refractivity contribution in [3.8, 4) is 0 Å². The second-order valence-corrected chi connectivity index (χ2v) is 7.96. The maximum Gasteiger partial charge on any atom is 0.274 e. The maximum atomic E-state index is 12.7. The van der Waals surface area contributed by atoms with Crippen molar-refractivity contribution < 1.29 is 4.79 Å². The molecule has 1 unspecified atom stereocenters. The van der Waals surface area contributed by atoms with Crippen molar-refractivity contribution in [2.24, 2.45) is 0 Å². The summed E-state index contributed by atoms with van der Waals surface area (Å²) in [6.07, 6.45) is 3.05. The van der Waals surface area contributed by atoms with Gasteiger partial charge in [0.2, 0.25) is 0 Å². The molecule has 1 saturated carbocycles. The minimum Gasteiger partial charge on any atom is -0.321 e. The Morgan fingerprint density at radius 1 is 1.30 bits per heavy atom. The highest BCUT2D eigenvalue weighted by molar-refractivity contribution is 7.09. The Balaban J connectivity index is 1.48. The van der Waals surface area contributed by atoms with Crippen LogP contribution in [0.5, 0.6) is 0 Å². The monoisotopic (exact) mass is 379 g/mol. The summed E-state index contributed by atoms with van der Waals surface area (Å²) in [6.45, 7) is 4.05. The second kappa shape index (κ2) is 7.52. The van der Waals surface area contributed by atoms with Crippen molar-refractivity contribution in [1.29, 1.82) is 0 Å². The van der Waals surface area contributed by atoms with E-state index in [1.165, 1.54) is 0 Å². The summed E-state index contributed by atoms with van der Waals surface area (Å²) in [5.41, 5.74) is 4.93. The summed E-state index contributed by atoms with van der Waals surface area (Å²) < 4.78 is 0. The number of carbonyl (C=O) groups is 1. The van der Waals surface area contributed by atoms with Gasteiger partial charge < -0.3 is 5.32 Å². The fourth-order valence-corrected chi connectivity index (χ4v) is 3.67. The van der Waals surface area contributed by atoms with Gasteiger partial charge in [-0.3, -0.25) is 4.79 Å². The van der Waals surface area contributed by atoms with E-state index in [0.29, 0.717) is 11.6 Å². The molecule has 1 N–H and O–H groups in total. The molecule has 0 aliphatic heterocycles. The number of aryl methyl sites for hydroxylation is 1. The molecule has 0 saturated heterocycles. The molecule has 2 heterocycles. The lowest BCUT2D eigenvalue weighted by atomic mass is 9.97. The quantitative estimate of drug-likeness (QED) is 0.697. The molecular weight excluding hydrogens is 358 g/mol. The lowest BCUT2D eigenvalue weighted by molar-refractivity contribution is 0.102. The van der Waals surface area contributed by atoms with Crippen LogP contribution in [0.1, 0.15) is 64.2 Å². The van der Waals surface area contributed by atoms with Crippen LogP contribution in [0.15, 0.2) is 35.8 Å². The fraction of sp³-hybridized carbons (Fsp3) is 0.350. The number of hydrogen-bond donors (Lipinski definition) is 1. The molecule has 1 aliphatic carbocycles. The highest BCUT2D eigenvalue weighted by atomic mass is 32.1. The van der Waals surface area contributed by atoms with E-state index in [-0.39, 0.29) is 11.8 Å². The van der Waals surface area contributed by atoms with Crippen LogP contribution in [0, 0.1) is 6.92 Å². The van der Waals surface area contributed by atoms with Crippen LogP contribution in [0.25, 0.3) is 0 Å². The topological polar surface area (TPSA) is 80.7 Å². The molecule has 0 bridgehead atoms. The van der Waals surface area contributed by atoms with E-state index in [1.807, 2.05) is 25.1 Å². The van der Waals surface area contributed by atoms with Crippen LogP contribution in [0.4, 0.5) is 5.69 Å². The Bertz CT molecular complexity index is 953. The summed E-state index contributed by atoms with van der Waals surface area (Å²) in [4.78, 5) is 21.6. The van der Waals surface area contributed by atoms with E-state index < -0.39 is 0 Å². The second-order valence-electron chi connectivity index (χ2n) is 7.04. The summed E-state index contributed by atoms with van der Waals surface area (Å²) in [5, 5.41) is 12.0. The zero-order chi connectivity index (χ0) is 18.8. The van der Waals surface area contributed by atoms with Gasteiger partial charge in [-0.15, -0.1) is 21.5 Å². The van der Waals surface area contributed by atoms with Gasteiger partial charge in [-0.05, 0) is 49.4 Å². The lowest BCUT2D eigenvalue weighted by Gasteiger charge is -2.12. The molecule has 1 fully saturated rings. The first kappa shape index (κ1) is 17.7. The Morgan fingerprint density at radius 3 is 2.89 bits per heavy atom. The summed E-state index contributed by atoms with van der Waals surface area (Å²) >= 11 is 1.56. The SMILES string of the molecule is Cc1cc(C(=O)Nc2cccc(C(C)Cc3nncs3)c2)nc(C2CC2)n1. The van der Waals surface area contributed by atoms with Gasteiger partial charge in [-0.1, -0.05) is 19.1 Å². The molecule has 0 spiro atoms. The average molecular weight is 379 g/mol. The number of nitrogens with one attached hydrogen (secondary N) is 1. The highest BCUT2D eigenvalue weighted by Crippen LogP contribution is 2.38. The van der Waals surface area contributed by atoms with Gasteiger partial charge in [0, 0.05) is 23.7 Å². The minimum atomic E-state index is -0.198. The Kier molecular flexibility index (Phi) is 4.94. The molecule has 3 aromatic rings. The normalized spacial score (nSPS) is 14.7. The molecular formula is C20H21N5OS. The Morgan fingerprint density at radius 2 is 2.15 bits per heavy atom. The van der Waals surface area contributed by atoms with E-state index >= 15 is 0 Å². The van der Waals surface area contributed by atoms with E-state index in [2.05, 4.69) is 38.5 Å². The first-order chi connectivity index (χ1) is 13.1. The number of benzene rings is 1. The molecule has 1 aliphatic rings. The van der Waals surface area contributed by atoms with Gasteiger partial charge in [0.15, 0.2) is 0 Å². The largest absolute Gasteiger partial charge is 0.321 e. The lowest BCUT2D eigenvalue weighted by Crippen LogP contribution is -2.16. The van der Waals surface area contributed by atoms with Crippen molar-refractivity contribution in [3.05, 3.63) is 63.6 Å². The molecule has 27 heavy (non-hydrogen) atoms. The van der Waals surface area contributed by atoms with E-state index in [0.717, 1.165) is 47.0 Å². The maximum absolute atomic E-state index is 12.7. The molecule has 0 radical (unpaired) electrons. The number of anilines is 1. The van der Waals surface area contributed by atoms with Crippen molar-refractivity contribution in [3.63, 3.8) is 0 Å². The average Bonchev–Trinajstić information content (AvgIpc) is 3.39. The standard InChI is InChI=1S/C20H21N5OS/c1-12(8-18-25-21-11-27-18)15-4-3-5-16(10-15)23-20(26)17-9-13(2)22-19(24-17)14-6-7-14/h3-5,9-12,14H,6-8H2,1-2H3,(H,23,26). The third-order valence-corrected chi connectivity index (χ3v) is 5.37. The molecule has 1 amide bonds. The van der Waals surface area contributed by atoms with Crippen LogP contribution in [-0.2, 0) is 6.42 Å². The van der Waals surface area contributed by atoms with E-state index in [9.17, 15) is 4.79 Å². The predicted octanol–water partition coefficient (Wildman–Crippen LogP) is 4.11. The third kappa shape index (κ3) is 4.36. The number of hydrogen-bond acceptors (Lipinski definition) is 6. The predicted molar refractivity (Wildman–Crippen MR) is 105 cm³/mol. The fourth-order valence-electron chi connectivity index (χ4n) is 3.01. The zero-order valence-corrected chi connectivity index (χ0v) is 16.2. The molecule has 2 aromatic heterocycles. The number of nitrogens with zero attached hydrogens (tertiary/aromatic N) is 4. The van der Waals surface area contributed by atoms with Crippen LogP contribution in [-0.4, -0.2) is 26.1 Å². The number of amides is 1.